The molecule has 0 unspecified atom stereocenters. The van der Waals surface area contributed by atoms with Crippen LogP contribution in [0.15, 0.2) is 24.3 Å². The molecular weight excluding hydrogens is 342 g/mol. The highest BCUT2D eigenvalue weighted by atomic mass is 35.5. The van der Waals surface area contributed by atoms with Crippen molar-refractivity contribution in [2.24, 2.45) is 0 Å². The van der Waals surface area contributed by atoms with Gasteiger partial charge < -0.3 is 9.47 Å². The summed E-state index contributed by atoms with van der Waals surface area (Å²) >= 11 is 6.11. The Bertz CT molecular complexity index is 775. The molecule has 1 aromatic carbocycles. The maximum atomic E-state index is 12.5. The van der Waals surface area contributed by atoms with E-state index in [0.29, 0.717) is 27.5 Å². The van der Waals surface area contributed by atoms with Crippen LogP contribution in [0.4, 0.5) is 0 Å². The average molecular weight is 362 g/mol. The molecule has 1 aromatic heterocycles. The topological polar surface area (TPSA) is 65.5 Å². The van der Waals surface area contributed by atoms with Gasteiger partial charge in [-0.3, -0.25) is 4.98 Å². The Morgan fingerprint density at radius 3 is 1.96 bits per heavy atom. The fourth-order valence-corrected chi connectivity index (χ4v) is 2.88. The highest BCUT2D eigenvalue weighted by Gasteiger charge is 2.27. The first-order chi connectivity index (χ1) is 11.9. The van der Waals surface area contributed by atoms with E-state index in [4.69, 9.17) is 21.1 Å². The summed E-state index contributed by atoms with van der Waals surface area (Å²) in [5.41, 5.74) is 2.53. The number of benzene rings is 1. The molecule has 0 fully saturated rings. The highest BCUT2D eigenvalue weighted by Crippen LogP contribution is 2.33. The molecular formula is C19H20ClNO4. The van der Waals surface area contributed by atoms with Crippen molar-refractivity contribution in [1.82, 2.24) is 4.98 Å². The van der Waals surface area contributed by atoms with E-state index in [2.05, 4.69) is 4.98 Å². The van der Waals surface area contributed by atoms with Crippen molar-refractivity contribution in [2.45, 2.75) is 27.7 Å². The number of halogens is 1. The fourth-order valence-electron chi connectivity index (χ4n) is 2.69. The summed E-state index contributed by atoms with van der Waals surface area (Å²) in [6, 6.07) is 6.96. The van der Waals surface area contributed by atoms with Crippen LogP contribution in [-0.4, -0.2) is 30.1 Å². The van der Waals surface area contributed by atoms with Crippen LogP contribution in [0.1, 0.15) is 46.0 Å². The predicted molar refractivity (Wildman–Crippen MR) is 96.1 cm³/mol. The van der Waals surface area contributed by atoms with Crippen molar-refractivity contribution in [3.63, 3.8) is 0 Å². The number of carbonyl (C=O) groups is 2. The Labute approximate surface area is 151 Å². The van der Waals surface area contributed by atoms with Gasteiger partial charge in [0.25, 0.3) is 0 Å². The molecule has 132 valence electrons. The number of pyridine rings is 1. The van der Waals surface area contributed by atoms with Crippen LogP contribution in [-0.2, 0) is 9.47 Å². The second-order valence-corrected chi connectivity index (χ2v) is 5.80. The maximum Gasteiger partial charge on any atom is 0.340 e. The standard InChI is InChI=1S/C19H20ClNO4/c1-5-24-18(22)15-11(3)21-12(4)16(19(23)25-6-2)17(15)13-8-7-9-14(20)10-13/h7-10H,5-6H2,1-4H3. The lowest BCUT2D eigenvalue weighted by Crippen LogP contribution is -2.17. The molecule has 0 spiro atoms. The van der Waals surface area contributed by atoms with Gasteiger partial charge >= 0.3 is 11.9 Å². The number of carbonyl (C=O) groups excluding carboxylic acids is 2. The fraction of sp³-hybridized carbons (Fsp3) is 0.316. The summed E-state index contributed by atoms with van der Waals surface area (Å²) in [5.74, 6) is -1.07. The predicted octanol–water partition coefficient (Wildman–Crippen LogP) is 4.37. The smallest absolute Gasteiger partial charge is 0.340 e. The van der Waals surface area contributed by atoms with Crippen LogP contribution in [0.5, 0.6) is 0 Å². The van der Waals surface area contributed by atoms with Gasteiger partial charge in [-0.15, -0.1) is 0 Å². The number of nitrogens with zero attached hydrogens (tertiary/aromatic N) is 1. The van der Waals surface area contributed by atoms with Crippen molar-refractivity contribution in [3.05, 3.63) is 51.8 Å². The first kappa shape index (κ1) is 18.9. The molecule has 0 atom stereocenters. The normalized spacial score (nSPS) is 10.4. The lowest BCUT2D eigenvalue weighted by Gasteiger charge is -2.17. The lowest BCUT2D eigenvalue weighted by molar-refractivity contribution is 0.0525. The van der Waals surface area contributed by atoms with Gasteiger partial charge in [-0.05, 0) is 45.4 Å². The molecule has 2 aromatic rings. The number of esters is 2. The minimum atomic E-state index is -0.534. The Balaban J connectivity index is 2.85. The van der Waals surface area contributed by atoms with Crippen molar-refractivity contribution in [1.29, 1.82) is 0 Å². The second-order valence-electron chi connectivity index (χ2n) is 5.36. The minimum Gasteiger partial charge on any atom is -0.462 e. The maximum absolute atomic E-state index is 12.5. The number of rotatable bonds is 5. The summed E-state index contributed by atoms with van der Waals surface area (Å²) < 4.78 is 10.3. The largest absolute Gasteiger partial charge is 0.462 e. The van der Waals surface area contributed by atoms with Gasteiger partial charge in [-0.2, -0.15) is 0 Å². The summed E-state index contributed by atoms with van der Waals surface area (Å²) in [7, 11) is 0. The van der Waals surface area contributed by atoms with E-state index >= 15 is 0 Å². The summed E-state index contributed by atoms with van der Waals surface area (Å²) in [5, 5.41) is 0.495. The molecule has 0 N–H and O–H groups in total. The third kappa shape index (κ3) is 3.99. The Morgan fingerprint density at radius 2 is 1.52 bits per heavy atom. The van der Waals surface area contributed by atoms with E-state index in [-0.39, 0.29) is 24.3 Å². The molecule has 2 rings (SSSR count). The van der Waals surface area contributed by atoms with Crippen LogP contribution in [0.25, 0.3) is 11.1 Å². The van der Waals surface area contributed by atoms with Crippen LogP contribution < -0.4 is 0 Å². The Kier molecular flexibility index (Phi) is 6.15. The van der Waals surface area contributed by atoms with Gasteiger partial charge in [0.1, 0.15) is 0 Å². The Hall–Kier alpha value is -2.40. The molecule has 25 heavy (non-hydrogen) atoms. The number of aryl methyl sites for hydroxylation is 2. The second kappa shape index (κ2) is 8.12. The van der Waals surface area contributed by atoms with E-state index < -0.39 is 11.9 Å². The van der Waals surface area contributed by atoms with Crippen molar-refractivity contribution in [2.75, 3.05) is 13.2 Å². The van der Waals surface area contributed by atoms with Gasteiger partial charge in [0.2, 0.25) is 0 Å². The first-order valence-corrected chi connectivity index (χ1v) is 8.39. The Morgan fingerprint density at radius 1 is 1.00 bits per heavy atom. The SMILES string of the molecule is CCOC(=O)c1c(C)nc(C)c(C(=O)OCC)c1-c1cccc(Cl)c1. The van der Waals surface area contributed by atoms with Crippen LogP contribution in [0, 0.1) is 13.8 Å². The van der Waals surface area contributed by atoms with Crippen molar-refractivity contribution >= 4 is 23.5 Å². The van der Waals surface area contributed by atoms with Crippen LogP contribution in [0.3, 0.4) is 0 Å². The molecule has 0 aliphatic heterocycles. The van der Waals surface area contributed by atoms with Gasteiger partial charge in [0.15, 0.2) is 0 Å². The summed E-state index contributed by atoms with van der Waals surface area (Å²) in [4.78, 5) is 29.4. The third-order valence-electron chi connectivity index (χ3n) is 3.63. The van der Waals surface area contributed by atoms with E-state index in [1.165, 1.54) is 0 Å². The van der Waals surface area contributed by atoms with Crippen molar-refractivity contribution in [3.8, 4) is 11.1 Å². The van der Waals surface area contributed by atoms with Crippen LogP contribution in [0.2, 0.25) is 5.02 Å². The minimum absolute atomic E-state index is 0.218. The van der Waals surface area contributed by atoms with Gasteiger partial charge in [0, 0.05) is 10.6 Å². The molecule has 5 nitrogen and oxygen atoms in total. The third-order valence-corrected chi connectivity index (χ3v) is 3.87. The molecule has 0 aliphatic carbocycles. The van der Waals surface area contributed by atoms with E-state index in [9.17, 15) is 9.59 Å². The van der Waals surface area contributed by atoms with Gasteiger partial charge in [-0.1, -0.05) is 23.7 Å². The zero-order chi connectivity index (χ0) is 18.6. The average Bonchev–Trinajstić information content (AvgIpc) is 2.54. The molecule has 0 radical (unpaired) electrons. The van der Waals surface area contributed by atoms with E-state index in [1.54, 1.807) is 52.0 Å². The zero-order valence-corrected chi connectivity index (χ0v) is 15.4. The first-order valence-electron chi connectivity index (χ1n) is 8.02. The molecule has 0 saturated carbocycles. The number of aromatic nitrogens is 1. The summed E-state index contributed by atoms with van der Waals surface area (Å²) in [6.07, 6.45) is 0. The van der Waals surface area contributed by atoms with E-state index in [1.807, 2.05) is 0 Å². The highest BCUT2D eigenvalue weighted by molar-refractivity contribution is 6.31. The molecule has 0 amide bonds. The van der Waals surface area contributed by atoms with E-state index in [0.717, 1.165) is 0 Å². The quantitative estimate of drug-likeness (QED) is 0.740. The molecule has 6 heteroatoms. The van der Waals surface area contributed by atoms with Crippen LogP contribution >= 0.6 is 11.6 Å². The summed E-state index contributed by atoms with van der Waals surface area (Å²) in [6.45, 7) is 7.30. The van der Waals surface area contributed by atoms with Gasteiger partial charge in [0.05, 0.1) is 35.7 Å². The number of hydrogen-bond acceptors (Lipinski definition) is 5. The molecule has 0 aliphatic rings. The number of hydrogen-bond donors (Lipinski definition) is 0. The molecule has 1 heterocycles. The van der Waals surface area contributed by atoms with Crippen molar-refractivity contribution < 1.29 is 19.1 Å². The van der Waals surface area contributed by atoms with Gasteiger partial charge in [-0.25, -0.2) is 9.59 Å². The number of ether oxygens (including phenoxy) is 2. The molecule has 0 bridgehead atoms. The molecule has 0 saturated heterocycles. The zero-order valence-electron chi connectivity index (χ0n) is 14.7. The monoisotopic (exact) mass is 361 g/mol. The lowest BCUT2D eigenvalue weighted by atomic mass is 9.92.